The van der Waals surface area contributed by atoms with Gasteiger partial charge in [-0.1, -0.05) is 48.5 Å². The van der Waals surface area contributed by atoms with Crippen LogP contribution in [0.25, 0.3) is 11.1 Å². The van der Waals surface area contributed by atoms with Crippen LogP contribution in [0.2, 0.25) is 0 Å². The third kappa shape index (κ3) is 3.85. The molecule has 0 aliphatic heterocycles. The van der Waals surface area contributed by atoms with E-state index < -0.39 is 0 Å². The molecule has 0 saturated heterocycles. The molecule has 0 aromatic heterocycles. The lowest BCUT2D eigenvalue weighted by atomic mass is 10.0. The molecular weight excluding hydrogens is 248 g/mol. The minimum absolute atomic E-state index is 0.00265. The molecule has 2 aromatic carbocycles. The Morgan fingerprint density at radius 3 is 2.35 bits per heavy atom. The highest BCUT2D eigenvalue weighted by molar-refractivity contribution is 5.84. The molecule has 3 heteroatoms. The van der Waals surface area contributed by atoms with Crippen LogP contribution in [0, 0.1) is 0 Å². The molecule has 0 atom stereocenters. The van der Waals surface area contributed by atoms with Crippen molar-refractivity contribution in [1.82, 2.24) is 5.32 Å². The highest BCUT2D eigenvalue weighted by atomic mass is 16.1. The molecule has 0 aliphatic carbocycles. The van der Waals surface area contributed by atoms with Gasteiger partial charge < -0.3 is 10.6 Å². The molecule has 2 N–H and O–H groups in total. The van der Waals surface area contributed by atoms with E-state index >= 15 is 0 Å². The molecule has 0 aliphatic rings. The second-order valence-electron chi connectivity index (χ2n) is 4.99. The molecule has 0 spiro atoms. The molecule has 0 fully saturated rings. The fourth-order valence-corrected chi connectivity index (χ4v) is 2.06. The van der Waals surface area contributed by atoms with Crippen molar-refractivity contribution in [3.8, 4) is 11.1 Å². The van der Waals surface area contributed by atoms with Gasteiger partial charge in [-0.05, 0) is 25.5 Å². The van der Waals surface area contributed by atoms with Crippen molar-refractivity contribution in [2.24, 2.45) is 0 Å². The molecule has 1 amide bonds. The van der Waals surface area contributed by atoms with Crippen molar-refractivity contribution in [3.05, 3.63) is 54.6 Å². The Labute approximate surface area is 120 Å². The summed E-state index contributed by atoms with van der Waals surface area (Å²) in [6.07, 6.45) is 0. The Balaban J connectivity index is 2.11. The molecule has 2 rings (SSSR count). The first kappa shape index (κ1) is 14.1. The monoisotopic (exact) mass is 268 g/mol. The van der Waals surface area contributed by atoms with Crippen LogP contribution in [0.15, 0.2) is 54.6 Å². The SMILES string of the molecule is CC(C)NC(=O)CNc1ccccc1-c1ccccc1. The van der Waals surface area contributed by atoms with Gasteiger partial charge in [0.2, 0.25) is 5.91 Å². The van der Waals surface area contributed by atoms with E-state index in [0.717, 1.165) is 16.8 Å². The van der Waals surface area contributed by atoms with Crippen LogP contribution < -0.4 is 10.6 Å². The number of nitrogens with one attached hydrogen (secondary N) is 2. The smallest absolute Gasteiger partial charge is 0.239 e. The van der Waals surface area contributed by atoms with Gasteiger partial charge in [-0.15, -0.1) is 0 Å². The maximum Gasteiger partial charge on any atom is 0.239 e. The topological polar surface area (TPSA) is 41.1 Å². The van der Waals surface area contributed by atoms with Crippen LogP contribution in [0.3, 0.4) is 0 Å². The molecule has 2 aromatic rings. The van der Waals surface area contributed by atoms with E-state index in [1.807, 2.05) is 50.2 Å². The number of benzene rings is 2. The number of rotatable bonds is 5. The van der Waals surface area contributed by atoms with Gasteiger partial charge in [0, 0.05) is 17.3 Å². The molecule has 0 unspecified atom stereocenters. The Bertz CT molecular complexity index is 564. The maximum atomic E-state index is 11.7. The van der Waals surface area contributed by atoms with E-state index in [-0.39, 0.29) is 18.5 Å². The van der Waals surface area contributed by atoms with Crippen molar-refractivity contribution < 1.29 is 4.79 Å². The zero-order valence-electron chi connectivity index (χ0n) is 11.9. The average Bonchev–Trinajstić information content (AvgIpc) is 2.46. The number of para-hydroxylation sites is 1. The molecule has 20 heavy (non-hydrogen) atoms. The zero-order valence-corrected chi connectivity index (χ0v) is 11.9. The minimum atomic E-state index is 0.00265. The van der Waals surface area contributed by atoms with Crippen LogP contribution >= 0.6 is 0 Å². The standard InChI is InChI=1S/C17H20N2O/c1-13(2)19-17(20)12-18-16-11-7-6-10-15(16)14-8-4-3-5-9-14/h3-11,13,18H,12H2,1-2H3,(H,19,20). The van der Waals surface area contributed by atoms with E-state index in [1.54, 1.807) is 0 Å². The van der Waals surface area contributed by atoms with Crippen LogP contribution in [0.1, 0.15) is 13.8 Å². The normalized spacial score (nSPS) is 10.3. The second-order valence-corrected chi connectivity index (χ2v) is 4.99. The molecule has 0 heterocycles. The fraction of sp³-hybridized carbons (Fsp3) is 0.235. The maximum absolute atomic E-state index is 11.7. The van der Waals surface area contributed by atoms with E-state index in [2.05, 4.69) is 28.8 Å². The average molecular weight is 268 g/mol. The fourth-order valence-electron chi connectivity index (χ4n) is 2.06. The summed E-state index contributed by atoms with van der Waals surface area (Å²) in [6, 6.07) is 18.3. The third-order valence-electron chi connectivity index (χ3n) is 2.90. The second kappa shape index (κ2) is 6.75. The van der Waals surface area contributed by atoms with E-state index in [9.17, 15) is 4.79 Å². The van der Waals surface area contributed by atoms with Crippen molar-refractivity contribution in [3.63, 3.8) is 0 Å². The Hall–Kier alpha value is -2.29. The number of carbonyl (C=O) groups is 1. The van der Waals surface area contributed by atoms with Crippen molar-refractivity contribution in [2.45, 2.75) is 19.9 Å². The van der Waals surface area contributed by atoms with Crippen molar-refractivity contribution in [2.75, 3.05) is 11.9 Å². The number of hydrogen-bond acceptors (Lipinski definition) is 2. The lowest BCUT2D eigenvalue weighted by molar-refractivity contribution is -0.119. The van der Waals surface area contributed by atoms with Crippen molar-refractivity contribution in [1.29, 1.82) is 0 Å². The highest BCUT2D eigenvalue weighted by Crippen LogP contribution is 2.27. The summed E-state index contributed by atoms with van der Waals surface area (Å²) in [5, 5.41) is 6.08. The first-order valence-electron chi connectivity index (χ1n) is 6.84. The van der Waals surface area contributed by atoms with Gasteiger partial charge in [-0.25, -0.2) is 0 Å². The minimum Gasteiger partial charge on any atom is -0.376 e. The van der Waals surface area contributed by atoms with Gasteiger partial charge in [0.05, 0.1) is 6.54 Å². The van der Waals surface area contributed by atoms with E-state index in [0.29, 0.717) is 0 Å². The third-order valence-corrected chi connectivity index (χ3v) is 2.90. The Kier molecular flexibility index (Phi) is 4.77. The van der Waals surface area contributed by atoms with Crippen LogP contribution in [0.5, 0.6) is 0 Å². The van der Waals surface area contributed by atoms with E-state index in [1.165, 1.54) is 0 Å². The molecule has 0 bridgehead atoms. The Morgan fingerprint density at radius 1 is 1.00 bits per heavy atom. The highest BCUT2D eigenvalue weighted by Gasteiger charge is 2.06. The molecule has 0 saturated carbocycles. The number of carbonyl (C=O) groups excluding carboxylic acids is 1. The number of amides is 1. The van der Waals surface area contributed by atoms with Crippen LogP contribution in [0.4, 0.5) is 5.69 Å². The summed E-state index contributed by atoms with van der Waals surface area (Å²) in [7, 11) is 0. The first-order valence-corrected chi connectivity index (χ1v) is 6.84. The van der Waals surface area contributed by atoms with Crippen molar-refractivity contribution >= 4 is 11.6 Å². The molecular formula is C17H20N2O. The zero-order chi connectivity index (χ0) is 14.4. The van der Waals surface area contributed by atoms with Gasteiger partial charge in [0.25, 0.3) is 0 Å². The largest absolute Gasteiger partial charge is 0.376 e. The lowest BCUT2D eigenvalue weighted by Gasteiger charge is -2.13. The summed E-state index contributed by atoms with van der Waals surface area (Å²) in [4.78, 5) is 11.7. The lowest BCUT2D eigenvalue weighted by Crippen LogP contribution is -2.34. The molecule has 0 radical (unpaired) electrons. The summed E-state index contributed by atoms with van der Waals surface area (Å²) in [5.74, 6) is 0.00265. The summed E-state index contributed by atoms with van der Waals surface area (Å²) in [6.45, 7) is 4.19. The van der Waals surface area contributed by atoms with Gasteiger partial charge in [-0.2, -0.15) is 0 Å². The molecule has 3 nitrogen and oxygen atoms in total. The predicted octanol–water partition coefficient (Wildman–Crippen LogP) is 3.29. The van der Waals surface area contributed by atoms with Crippen LogP contribution in [-0.4, -0.2) is 18.5 Å². The first-order chi connectivity index (χ1) is 9.66. The molecule has 104 valence electrons. The van der Waals surface area contributed by atoms with Gasteiger partial charge in [-0.3, -0.25) is 4.79 Å². The quantitative estimate of drug-likeness (QED) is 0.873. The summed E-state index contributed by atoms with van der Waals surface area (Å²) >= 11 is 0. The number of hydrogen-bond donors (Lipinski definition) is 2. The van der Waals surface area contributed by atoms with Gasteiger partial charge in [0.1, 0.15) is 0 Å². The predicted molar refractivity (Wildman–Crippen MR) is 83.6 cm³/mol. The van der Waals surface area contributed by atoms with Crippen LogP contribution in [-0.2, 0) is 4.79 Å². The summed E-state index contributed by atoms with van der Waals surface area (Å²) < 4.78 is 0. The number of anilines is 1. The van der Waals surface area contributed by atoms with Gasteiger partial charge in [0.15, 0.2) is 0 Å². The Morgan fingerprint density at radius 2 is 1.65 bits per heavy atom. The van der Waals surface area contributed by atoms with Gasteiger partial charge >= 0.3 is 0 Å². The summed E-state index contributed by atoms with van der Waals surface area (Å²) in [5.41, 5.74) is 3.21. The van der Waals surface area contributed by atoms with E-state index in [4.69, 9.17) is 0 Å².